The molecule has 0 saturated heterocycles. The standard InChI is InChI=1S/C52H30OS/c1-2-11-32-24-37(23-20-31(32)10-1)52-42-17-5-3-15-40(42)51(41-16-4-6-18-43(41)52)36-13-9-12-33(25-36)34-21-22-35-27-45-46-29-48-44(39-14-7-8-19-47(39)53-48)30-50(46)54-49(45)28-38(35)26-34/h1-30H. The third-order valence-corrected chi connectivity index (χ3v) is 12.5. The van der Waals surface area contributed by atoms with E-state index in [1.807, 2.05) is 17.4 Å². The highest BCUT2D eigenvalue weighted by Crippen LogP contribution is 2.45. The molecule has 1 nitrogen and oxygen atoms in total. The lowest BCUT2D eigenvalue weighted by atomic mass is 9.85. The molecule has 12 aromatic rings. The van der Waals surface area contributed by atoms with Crippen molar-refractivity contribution in [2.45, 2.75) is 0 Å². The molecular formula is C52H30OS. The monoisotopic (exact) mass is 702 g/mol. The van der Waals surface area contributed by atoms with Gasteiger partial charge < -0.3 is 4.42 Å². The van der Waals surface area contributed by atoms with Gasteiger partial charge >= 0.3 is 0 Å². The number of thiophene rings is 1. The molecule has 0 aliphatic rings. The van der Waals surface area contributed by atoms with Crippen molar-refractivity contribution in [3.8, 4) is 33.4 Å². The van der Waals surface area contributed by atoms with Crippen LogP contribution < -0.4 is 0 Å². The lowest BCUT2D eigenvalue weighted by molar-refractivity contribution is 0.669. The van der Waals surface area contributed by atoms with Crippen LogP contribution in [0.5, 0.6) is 0 Å². The molecule has 0 radical (unpaired) electrons. The van der Waals surface area contributed by atoms with Gasteiger partial charge in [-0.05, 0) is 125 Å². The predicted octanol–water partition coefficient (Wildman–Crippen LogP) is 15.6. The van der Waals surface area contributed by atoms with Gasteiger partial charge in [-0.15, -0.1) is 11.3 Å². The summed E-state index contributed by atoms with van der Waals surface area (Å²) in [4.78, 5) is 0. The second-order valence-electron chi connectivity index (χ2n) is 14.4. The maximum atomic E-state index is 6.26. The first-order chi connectivity index (χ1) is 26.7. The van der Waals surface area contributed by atoms with Crippen molar-refractivity contribution in [2.24, 2.45) is 0 Å². The first-order valence-electron chi connectivity index (χ1n) is 18.5. The second kappa shape index (κ2) is 11.4. The van der Waals surface area contributed by atoms with Gasteiger partial charge in [0.05, 0.1) is 0 Å². The number of hydrogen-bond acceptors (Lipinski definition) is 2. The van der Waals surface area contributed by atoms with Crippen molar-refractivity contribution in [3.05, 3.63) is 182 Å². The van der Waals surface area contributed by atoms with Crippen LogP contribution in [0.15, 0.2) is 186 Å². The van der Waals surface area contributed by atoms with E-state index in [1.54, 1.807) is 0 Å². The first kappa shape index (κ1) is 29.8. The quantitative estimate of drug-likeness (QED) is 0.167. The molecular weight excluding hydrogens is 673 g/mol. The minimum absolute atomic E-state index is 0.941. The molecule has 2 heteroatoms. The highest BCUT2D eigenvalue weighted by molar-refractivity contribution is 7.26. The molecule has 0 N–H and O–H groups in total. The second-order valence-corrected chi connectivity index (χ2v) is 15.5. The van der Waals surface area contributed by atoms with E-state index in [1.165, 1.54) is 107 Å². The molecule has 0 saturated carbocycles. The average molecular weight is 703 g/mol. The Morgan fingerprint density at radius 3 is 1.59 bits per heavy atom. The average Bonchev–Trinajstić information content (AvgIpc) is 3.77. The molecule has 0 fully saturated rings. The Labute approximate surface area is 314 Å². The third kappa shape index (κ3) is 4.44. The van der Waals surface area contributed by atoms with Crippen molar-refractivity contribution in [2.75, 3.05) is 0 Å². The van der Waals surface area contributed by atoms with Crippen molar-refractivity contribution in [1.82, 2.24) is 0 Å². The van der Waals surface area contributed by atoms with E-state index < -0.39 is 0 Å². The molecule has 0 atom stereocenters. The van der Waals surface area contributed by atoms with Crippen LogP contribution in [0.3, 0.4) is 0 Å². The van der Waals surface area contributed by atoms with E-state index in [4.69, 9.17) is 4.42 Å². The number of hydrogen-bond donors (Lipinski definition) is 0. The zero-order valence-electron chi connectivity index (χ0n) is 29.1. The number of furan rings is 1. The van der Waals surface area contributed by atoms with Crippen molar-refractivity contribution in [1.29, 1.82) is 0 Å². The largest absolute Gasteiger partial charge is 0.456 e. The fraction of sp³-hybridized carbons (Fsp3) is 0. The van der Waals surface area contributed by atoms with Crippen LogP contribution in [0.4, 0.5) is 0 Å². The van der Waals surface area contributed by atoms with Crippen LogP contribution in [-0.2, 0) is 0 Å². The highest BCUT2D eigenvalue weighted by Gasteiger charge is 2.18. The molecule has 10 aromatic carbocycles. The van der Waals surface area contributed by atoms with E-state index in [0.717, 1.165) is 11.2 Å². The third-order valence-electron chi connectivity index (χ3n) is 11.4. The Bertz CT molecular complexity index is 3450. The molecule has 0 spiro atoms. The Morgan fingerprint density at radius 2 is 0.815 bits per heavy atom. The smallest absolute Gasteiger partial charge is 0.136 e. The minimum Gasteiger partial charge on any atom is -0.456 e. The van der Waals surface area contributed by atoms with Crippen LogP contribution in [-0.4, -0.2) is 0 Å². The summed E-state index contributed by atoms with van der Waals surface area (Å²) in [7, 11) is 0. The summed E-state index contributed by atoms with van der Waals surface area (Å²) in [6, 6.07) is 67.0. The zero-order valence-corrected chi connectivity index (χ0v) is 30.0. The molecule has 12 rings (SSSR count). The van der Waals surface area contributed by atoms with Crippen LogP contribution in [0.25, 0.3) is 119 Å². The lowest BCUT2D eigenvalue weighted by Gasteiger charge is -2.18. The first-order valence-corrected chi connectivity index (χ1v) is 19.3. The number of benzene rings is 10. The number of fused-ring (bicyclic) bond motifs is 10. The molecule has 0 aliphatic carbocycles. The summed E-state index contributed by atoms with van der Waals surface area (Å²) < 4.78 is 8.85. The van der Waals surface area contributed by atoms with Crippen LogP contribution in [0.2, 0.25) is 0 Å². The van der Waals surface area contributed by atoms with Gasteiger partial charge in [0.15, 0.2) is 0 Å². The van der Waals surface area contributed by atoms with Crippen LogP contribution >= 0.6 is 11.3 Å². The van der Waals surface area contributed by atoms with Crippen molar-refractivity contribution < 1.29 is 4.42 Å². The molecule has 2 heterocycles. The molecule has 0 aliphatic heterocycles. The van der Waals surface area contributed by atoms with Gasteiger partial charge in [-0.2, -0.15) is 0 Å². The predicted molar refractivity (Wildman–Crippen MR) is 233 cm³/mol. The van der Waals surface area contributed by atoms with Gasteiger partial charge in [-0.3, -0.25) is 0 Å². The van der Waals surface area contributed by atoms with E-state index in [-0.39, 0.29) is 0 Å². The van der Waals surface area contributed by atoms with Gasteiger partial charge in [0.2, 0.25) is 0 Å². The topological polar surface area (TPSA) is 13.1 Å². The van der Waals surface area contributed by atoms with Crippen LogP contribution in [0, 0.1) is 0 Å². The minimum atomic E-state index is 0.941. The van der Waals surface area contributed by atoms with Gasteiger partial charge in [-0.25, -0.2) is 0 Å². The maximum absolute atomic E-state index is 6.26. The Balaban J connectivity index is 1.00. The highest BCUT2D eigenvalue weighted by atomic mass is 32.1. The SMILES string of the molecule is c1cc(-c2ccc3cc4c(cc3c2)sc2cc3c(cc24)oc2ccccc23)cc(-c2c3ccccc3c(-c3ccc4ccccc4c3)c3ccccc23)c1. The van der Waals surface area contributed by atoms with Crippen molar-refractivity contribution >= 4 is 96.5 Å². The molecule has 0 amide bonds. The van der Waals surface area contributed by atoms with Gasteiger partial charge in [-0.1, -0.05) is 133 Å². The van der Waals surface area contributed by atoms with E-state index in [2.05, 4.69) is 176 Å². The van der Waals surface area contributed by atoms with E-state index in [9.17, 15) is 0 Å². The molecule has 250 valence electrons. The molecule has 0 unspecified atom stereocenters. The van der Waals surface area contributed by atoms with Gasteiger partial charge in [0.1, 0.15) is 11.2 Å². The summed E-state index contributed by atoms with van der Waals surface area (Å²) in [6.07, 6.45) is 0. The van der Waals surface area contributed by atoms with E-state index >= 15 is 0 Å². The van der Waals surface area contributed by atoms with Crippen molar-refractivity contribution in [3.63, 3.8) is 0 Å². The molecule has 54 heavy (non-hydrogen) atoms. The summed E-state index contributed by atoms with van der Waals surface area (Å²) in [5, 5.41) is 15.0. The number of para-hydroxylation sites is 1. The Morgan fingerprint density at radius 1 is 0.278 bits per heavy atom. The van der Waals surface area contributed by atoms with Gasteiger partial charge in [0.25, 0.3) is 0 Å². The Kier molecular flexibility index (Phi) is 6.28. The van der Waals surface area contributed by atoms with E-state index in [0.29, 0.717) is 0 Å². The summed E-state index contributed by atoms with van der Waals surface area (Å²) in [5.74, 6) is 0. The Hall–Kier alpha value is -6.74. The molecule has 0 bridgehead atoms. The summed E-state index contributed by atoms with van der Waals surface area (Å²) >= 11 is 1.87. The summed E-state index contributed by atoms with van der Waals surface area (Å²) in [5.41, 5.74) is 9.35. The number of rotatable bonds is 3. The molecule has 2 aromatic heterocycles. The maximum Gasteiger partial charge on any atom is 0.136 e. The fourth-order valence-corrected chi connectivity index (χ4v) is 10.0. The lowest BCUT2D eigenvalue weighted by Crippen LogP contribution is -1.91. The zero-order chi connectivity index (χ0) is 35.3. The summed E-state index contributed by atoms with van der Waals surface area (Å²) in [6.45, 7) is 0. The van der Waals surface area contributed by atoms with Crippen LogP contribution in [0.1, 0.15) is 0 Å². The van der Waals surface area contributed by atoms with Gasteiger partial charge in [0, 0.05) is 30.9 Å². The fourth-order valence-electron chi connectivity index (χ4n) is 8.87. The normalized spacial score (nSPS) is 12.1.